The molecule has 1 amide bonds. The fourth-order valence-corrected chi connectivity index (χ4v) is 6.78. The Morgan fingerprint density at radius 1 is 0.897 bits per heavy atom. The van der Waals surface area contributed by atoms with E-state index < -0.39 is 22.0 Å². The molecule has 4 aromatic carbocycles. The number of benzene rings is 4. The van der Waals surface area contributed by atoms with Gasteiger partial charge in [-0.2, -0.15) is 0 Å². The number of para-hydroxylation sites is 1. The Bertz CT molecular complexity index is 1610. The monoisotopic (exact) mass is 584 g/mol. The number of carbonyl (C=O) groups is 2. The van der Waals surface area contributed by atoms with Gasteiger partial charge in [0.2, 0.25) is 0 Å². The van der Waals surface area contributed by atoms with Crippen LogP contribution in [-0.4, -0.2) is 31.4 Å². The average molecular weight is 586 g/mol. The van der Waals surface area contributed by atoms with Crippen molar-refractivity contribution in [2.24, 2.45) is 0 Å². The molecule has 4 rings (SSSR count). The number of carbonyl (C=O) groups excluding carboxylic acids is 1. The highest BCUT2D eigenvalue weighted by atomic mass is 35.5. The first-order valence-corrected chi connectivity index (χ1v) is 14.4. The molecule has 0 aliphatic carbocycles. The maximum atomic E-state index is 14.1. The quantitative estimate of drug-likeness (QED) is 0.204. The predicted molar refractivity (Wildman–Crippen MR) is 155 cm³/mol. The lowest BCUT2D eigenvalue weighted by Gasteiger charge is -2.31. The third-order valence-electron chi connectivity index (χ3n) is 6.20. The van der Waals surface area contributed by atoms with Crippen molar-refractivity contribution in [2.45, 2.75) is 37.1 Å². The molecule has 0 saturated carbocycles. The number of hydrogen-bond donors (Lipinski definition) is 2. The molecular formula is C29H26Cl2N2O5S. The van der Waals surface area contributed by atoms with Gasteiger partial charge in [0.25, 0.3) is 15.9 Å². The van der Waals surface area contributed by atoms with Crippen molar-refractivity contribution in [1.82, 2.24) is 0 Å². The summed E-state index contributed by atoms with van der Waals surface area (Å²) in [6, 6.07) is 21.1. The maximum Gasteiger partial charge on any atom is 0.327 e. The van der Waals surface area contributed by atoms with Crippen LogP contribution in [0.1, 0.15) is 36.5 Å². The van der Waals surface area contributed by atoms with Crippen molar-refractivity contribution in [1.29, 1.82) is 0 Å². The minimum atomic E-state index is -4.46. The first kappa shape index (κ1) is 28.4. The minimum Gasteiger partial charge on any atom is -0.480 e. The van der Waals surface area contributed by atoms with E-state index in [-0.39, 0.29) is 33.0 Å². The van der Waals surface area contributed by atoms with Crippen LogP contribution in [0, 0.1) is 0 Å². The van der Waals surface area contributed by atoms with Gasteiger partial charge < -0.3 is 10.4 Å². The van der Waals surface area contributed by atoms with Gasteiger partial charge in [-0.3, -0.25) is 9.10 Å². The van der Waals surface area contributed by atoms with Crippen LogP contribution in [-0.2, 0) is 14.8 Å². The van der Waals surface area contributed by atoms with Gasteiger partial charge in [-0.1, -0.05) is 85.4 Å². The highest BCUT2D eigenvalue weighted by Gasteiger charge is 2.37. The number of anilines is 2. The molecule has 0 saturated heterocycles. The summed E-state index contributed by atoms with van der Waals surface area (Å²) in [6.07, 6.45) is 1.22. The van der Waals surface area contributed by atoms with Crippen LogP contribution >= 0.6 is 23.2 Å². The Morgan fingerprint density at radius 2 is 1.54 bits per heavy atom. The van der Waals surface area contributed by atoms with Crippen molar-refractivity contribution in [3.05, 3.63) is 101 Å². The fourth-order valence-electron chi connectivity index (χ4n) is 4.40. The van der Waals surface area contributed by atoms with Gasteiger partial charge in [-0.05, 0) is 54.3 Å². The van der Waals surface area contributed by atoms with Crippen LogP contribution in [0.3, 0.4) is 0 Å². The van der Waals surface area contributed by atoms with Crippen LogP contribution in [0.4, 0.5) is 11.4 Å². The van der Waals surface area contributed by atoms with Crippen molar-refractivity contribution in [2.75, 3.05) is 9.62 Å². The summed E-state index contributed by atoms with van der Waals surface area (Å²) in [5, 5.41) is 14.1. The zero-order valence-corrected chi connectivity index (χ0v) is 23.3. The number of hydrogen-bond acceptors (Lipinski definition) is 4. The summed E-state index contributed by atoms with van der Waals surface area (Å²) in [4.78, 5) is 25.5. The van der Waals surface area contributed by atoms with Gasteiger partial charge >= 0.3 is 5.97 Å². The molecule has 1 atom stereocenters. The number of unbranched alkanes of at least 4 members (excludes halogenated alkanes) is 1. The molecule has 0 aliphatic heterocycles. The van der Waals surface area contributed by atoms with Crippen molar-refractivity contribution in [3.8, 4) is 0 Å². The maximum absolute atomic E-state index is 14.1. The van der Waals surface area contributed by atoms with E-state index in [0.717, 1.165) is 4.31 Å². The van der Waals surface area contributed by atoms with Gasteiger partial charge in [0.05, 0.1) is 10.6 Å². The molecule has 0 radical (unpaired) electrons. The summed E-state index contributed by atoms with van der Waals surface area (Å²) in [5.41, 5.74) is 1.03. The van der Waals surface area contributed by atoms with Crippen LogP contribution in [0.5, 0.6) is 0 Å². The molecule has 7 nitrogen and oxygen atoms in total. The van der Waals surface area contributed by atoms with Crippen LogP contribution in [0.2, 0.25) is 10.0 Å². The van der Waals surface area contributed by atoms with E-state index in [1.54, 1.807) is 54.6 Å². The minimum absolute atomic E-state index is 0.0733. The number of sulfonamides is 1. The normalized spacial score (nSPS) is 12.2. The highest BCUT2D eigenvalue weighted by Crippen LogP contribution is 2.36. The van der Waals surface area contributed by atoms with Crippen LogP contribution < -0.4 is 9.62 Å². The fraction of sp³-hybridized carbons (Fsp3) is 0.172. The molecule has 1 unspecified atom stereocenters. The van der Waals surface area contributed by atoms with Crippen LogP contribution in [0.15, 0.2) is 89.8 Å². The first-order chi connectivity index (χ1) is 18.6. The van der Waals surface area contributed by atoms with Gasteiger partial charge in [0, 0.05) is 26.7 Å². The second-order valence-corrected chi connectivity index (χ2v) is 11.6. The molecule has 39 heavy (non-hydrogen) atoms. The van der Waals surface area contributed by atoms with Crippen molar-refractivity contribution in [3.63, 3.8) is 0 Å². The summed E-state index contributed by atoms with van der Waals surface area (Å²) in [7, 11) is -4.46. The molecule has 0 heterocycles. The summed E-state index contributed by atoms with van der Waals surface area (Å²) in [6.45, 7) is 1.89. The number of aliphatic carboxylic acids is 1. The Morgan fingerprint density at radius 3 is 2.18 bits per heavy atom. The number of carboxylic acid groups (broad SMARTS) is 1. The van der Waals surface area contributed by atoms with E-state index in [9.17, 15) is 23.1 Å². The summed E-state index contributed by atoms with van der Waals surface area (Å²) >= 11 is 12.2. The lowest BCUT2D eigenvalue weighted by atomic mass is 10.0. The van der Waals surface area contributed by atoms with Crippen LogP contribution in [0.25, 0.3) is 10.8 Å². The topological polar surface area (TPSA) is 104 Å². The number of amides is 1. The molecule has 2 N–H and O–H groups in total. The number of carboxylic acids is 1. The lowest BCUT2D eigenvalue weighted by molar-refractivity contribution is -0.138. The Hall–Kier alpha value is -3.59. The second-order valence-electron chi connectivity index (χ2n) is 8.90. The summed E-state index contributed by atoms with van der Waals surface area (Å²) in [5.74, 6) is -1.68. The lowest BCUT2D eigenvalue weighted by Crippen LogP contribution is -2.45. The molecule has 0 fully saturated rings. The Labute approximate surface area is 237 Å². The highest BCUT2D eigenvalue weighted by molar-refractivity contribution is 7.93. The third kappa shape index (κ3) is 6.19. The van der Waals surface area contributed by atoms with E-state index in [1.807, 2.05) is 13.0 Å². The molecule has 10 heteroatoms. The van der Waals surface area contributed by atoms with E-state index in [4.69, 9.17) is 23.2 Å². The standard InChI is InChI=1S/C29H26Cl2N2O5S/c1-2-3-14-27(29(35)36)33(39(37,38)22-17-19(30)16-20(31)18-22)26-15-8-11-23-24(26)12-7-13-25(23)28(34)32-21-9-5-4-6-10-21/h4-13,15-18,27H,2-3,14H2,1H3,(H,32,34)(H,35,36). The SMILES string of the molecule is CCCCC(C(=O)O)N(c1cccc2c(C(=O)Nc3ccccc3)cccc12)S(=O)(=O)c1cc(Cl)cc(Cl)c1. The third-order valence-corrected chi connectivity index (χ3v) is 8.44. The molecule has 0 aromatic heterocycles. The first-order valence-electron chi connectivity index (χ1n) is 12.2. The van der Waals surface area contributed by atoms with E-state index in [0.29, 0.717) is 34.9 Å². The second kappa shape index (κ2) is 12.1. The largest absolute Gasteiger partial charge is 0.480 e. The summed E-state index contributed by atoms with van der Waals surface area (Å²) < 4.78 is 29.1. The molecule has 4 aromatic rings. The number of halogens is 2. The predicted octanol–water partition coefficient (Wildman–Crippen LogP) is 7.24. The van der Waals surface area contributed by atoms with Gasteiger partial charge in [-0.15, -0.1) is 0 Å². The molecule has 0 spiro atoms. The number of fused-ring (bicyclic) bond motifs is 1. The van der Waals surface area contributed by atoms with E-state index >= 15 is 0 Å². The Balaban J connectivity index is 1.92. The average Bonchev–Trinajstić information content (AvgIpc) is 2.90. The zero-order chi connectivity index (χ0) is 28.2. The smallest absolute Gasteiger partial charge is 0.327 e. The van der Waals surface area contributed by atoms with E-state index in [1.165, 1.54) is 24.3 Å². The van der Waals surface area contributed by atoms with Crippen molar-refractivity contribution < 1.29 is 23.1 Å². The van der Waals surface area contributed by atoms with Gasteiger partial charge in [0.15, 0.2) is 0 Å². The molecule has 0 bridgehead atoms. The molecule has 202 valence electrons. The molecule has 0 aliphatic rings. The van der Waals surface area contributed by atoms with Crippen molar-refractivity contribution >= 4 is 67.2 Å². The van der Waals surface area contributed by atoms with Gasteiger partial charge in [0.1, 0.15) is 6.04 Å². The zero-order valence-electron chi connectivity index (χ0n) is 21.0. The number of nitrogens with zero attached hydrogens (tertiary/aromatic N) is 1. The van der Waals surface area contributed by atoms with Gasteiger partial charge in [-0.25, -0.2) is 13.2 Å². The van der Waals surface area contributed by atoms with E-state index in [2.05, 4.69) is 5.32 Å². The number of nitrogens with one attached hydrogen (secondary N) is 1. The number of rotatable bonds is 10. The Kier molecular flexibility index (Phi) is 8.80. The molecular weight excluding hydrogens is 559 g/mol.